The zero-order valence-electron chi connectivity index (χ0n) is 20.4. The van der Waals surface area contributed by atoms with Gasteiger partial charge in [-0.05, 0) is 33.4 Å². The molecule has 5 saturated carbocycles. The molecule has 3 nitrogen and oxygen atoms in total. The minimum atomic E-state index is -1.07. The van der Waals surface area contributed by atoms with Crippen LogP contribution >= 0.6 is 0 Å². The highest BCUT2D eigenvalue weighted by molar-refractivity contribution is 6.30. The van der Waals surface area contributed by atoms with E-state index < -0.39 is 45.3 Å². The number of benzene rings is 4. The average Bonchev–Trinajstić information content (AvgIpc) is 3.33. The third kappa shape index (κ3) is 1.37. The quantitative estimate of drug-likeness (QED) is 0.399. The van der Waals surface area contributed by atoms with Crippen LogP contribution in [0.3, 0.4) is 0 Å². The maximum atomic E-state index is 15.7. The molecule has 0 saturated heterocycles. The van der Waals surface area contributed by atoms with Crippen molar-refractivity contribution in [2.75, 3.05) is 0 Å². The molecular weight excluding hydrogens is 468 g/mol. The van der Waals surface area contributed by atoms with Crippen molar-refractivity contribution in [2.24, 2.45) is 23.7 Å². The van der Waals surface area contributed by atoms with Crippen molar-refractivity contribution >= 4 is 17.3 Å². The largest absolute Gasteiger partial charge is 0.299 e. The van der Waals surface area contributed by atoms with Crippen LogP contribution in [0.2, 0.25) is 0 Å². The van der Waals surface area contributed by atoms with E-state index in [1.807, 2.05) is 84.9 Å². The topological polar surface area (TPSA) is 51.2 Å². The second-order valence-electron chi connectivity index (χ2n) is 12.1. The maximum absolute atomic E-state index is 15.7. The van der Waals surface area contributed by atoms with Gasteiger partial charge >= 0.3 is 0 Å². The zero-order chi connectivity index (χ0) is 25.2. The molecule has 0 heterocycles. The standard InChI is InChI=1S/C35H22O3/c36-29-25-26-30(37)28-27(29)34-23-17-9-7-15-21(23)22-16-8-10-18-24(22)35(28,34)33(26,20-13-5-2-6-14-20)31(38)32(25,34)19-11-3-1-4-12-19/h1-18,25-28H/t25?,26?,27?,28?,32-,33-,34?,35?/m0/s1. The molecular formula is C35H22O3. The van der Waals surface area contributed by atoms with Crippen molar-refractivity contribution < 1.29 is 14.4 Å². The molecule has 8 atom stereocenters. The molecule has 6 unspecified atom stereocenters. The summed E-state index contributed by atoms with van der Waals surface area (Å²) in [5.74, 6) is -1.83. The summed E-state index contributed by atoms with van der Waals surface area (Å²) in [5, 5.41) is 0. The van der Waals surface area contributed by atoms with E-state index in [0.29, 0.717) is 0 Å². The molecule has 4 aromatic rings. The molecule has 0 radical (unpaired) electrons. The maximum Gasteiger partial charge on any atom is 0.157 e. The first kappa shape index (κ1) is 19.9. The summed E-state index contributed by atoms with van der Waals surface area (Å²) in [4.78, 5) is 44.9. The first-order chi connectivity index (χ1) is 18.6. The molecule has 6 aliphatic carbocycles. The molecule has 5 fully saturated rings. The van der Waals surface area contributed by atoms with Gasteiger partial charge in [-0.2, -0.15) is 0 Å². The van der Waals surface area contributed by atoms with Crippen molar-refractivity contribution in [3.05, 3.63) is 131 Å². The van der Waals surface area contributed by atoms with Gasteiger partial charge in [-0.15, -0.1) is 0 Å². The summed E-state index contributed by atoms with van der Waals surface area (Å²) in [5.41, 5.74) is 2.46. The van der Waals surface area contributed by atoms with Crippen LogP contribution < -0.4 is 0 Å². The smallest absolute Gasteiger partial charge is 0.157 e. The molecule has 2 spiro atoms. The Labute approximate surface area is 219 Å². The fourth-order valence-corrected chi connectivity index (χ4v) is 11.6. The van der Waals surface area contributed by atoms with Gasteiger partial charge in [0.1, 0.15) is 11.6 Å². The number of carbonyl (C=O) groups is 3. The minimum Gasteiger partial charge on any atom is -0.299 e. The second kappa shape index (κ2) is 5.66. The van der Waals surface area contributed by atoms with Gasteiger partial charge in [-0.3, -0.25) is 14.4 Å². The Morgan fingerprint density at radius 2 is 0.789 bits per heavy atom. The molecule has 180 valence electrons. The Morgan fingerprint density at radius 1 is 0.421 bits per heavy atom. The number of hydrogen-bond donors (Lipinski definition) is 0. The Hall–Kier alpha value is -4.11. The lowest BCUT2D eigenvalue weighted by molar-refractivity contribution is -0.150. The highest BCUT2D eigenvalue weighted by atomic mass is 16.2. The fraction of sp³-hybridized carbons (Fsp3) is 0.229. The molecule has 4 aromatic carbocycles. The predicted molar refractivity (Wildman–Crippen MR) is 140 cm³/mol. The average molecular weight is 491 g/mol. The summed E-state index contributed by atoms with van der Waals surface area (Å²) in [7, 11) is 0. The van der Waals surface area contributed by atoms with Crippen LogP contribution in [0, 0.1) is 23.7 Å². The summed E-state index contributed by atoms with van der Waals surface area (Å²) in [6, 6.07) is 36.8. The van der Waals surface area contributed by atoms with E-state index in [1.54, 1.807) is 0 Å². The molecule has 2 bridgehead atoms. The summed E-state index contributed by atoms with van der Waals surface area (Å²) < 4.78 is 0. The highest BCUT2D eigenvalue weighted by Gasteiger charge is 3.09. The van der Waals surface area contributed by atoms with E-state index in [-0.39, 0.29) is 17.3 Å². The Kier molecular flexibility index (Phi) is 2.97. The van der Waals surface area contributed by atoms with Gasteiger partial charge in [-0.1, -0.05) is 109 Å². The van der Waals surface area contributed by atoms with E-state index >= 15 is 4.79 Å². The molecule has 0 amide bonds. The monoisotopic (exact) mass is 490 g/mol. The predicted octanol–water partition coefficient (Wildman–Crippen LogP) is 4.96. The fourth-order valence-electron chi connectivity index (χ4n) is 11.6. The van der Waals surface area contributed by atoms with Crippen molar-refractivity contribution in [2.45, 2.75) is 21.7 Å². The molecule has 0 aromatic heterocycles. The summed E-state index contributed by atoms with van der Waals surface area (Å²) >= 11 is 0. The van der Waals surface area contributed by atoms with Gasteiger partial charge in [0, 0.05) is 34.5 Å². The van der Waals surface area contributed by atoms with Crippen molar-refractivity contribution in [3.63, 3.8) is 0 Å². The summed E-state index contributed by atoms with van der Waals surface area (Å²) in [6.45, 7) is 0. The molecule has 3 heteroatoms. The SMILES string of the molecule is O=C1C2C3C(=O)C4C1[C@@]1(c5ccccc5)C(=O)[C@@]4(c4ccccc4)C34c3ccccc3-c3ccccc3C241. The Balaban J connectivity index is 1.52. The van der Waals surface area contributed by atoms with Crippen LogP contribution in [0.1, 0.15) is 22.3 Å². The van der Waals surface area contributed by atoms with Gasteiger partial charge in [0.2, 0.25) is 0 Å². The van der Waals surface area contributed by atoms with E-state index in [0.717, 1.165) is 33.4 Å². The zero-order valence-corrected chi connectivity index (χ0v) is 20.4. The lowest BCUT2D eigenvalue weighted by atomic mass is 9.29. The van der Waals surface area contributed by atoms with Crippen LogP contribution in [0.15, 0.2) is 109 Å². The van der Waals surface area contributed by atoms with Gasteiger partial charge in [0.05, 0.1) is 10.8 Å². The van der Waals surface area contributed by atoms with E-state index in [1.165, 1.54) is 0 Å². The van der Waals surface area contributed by atoms with Crippen LogP contribution in [-0.4, -0.2) is 17.3 Å². The van der Waals surface area contributed by atoms with Gasteiger partial charge in [0.25, 0.3) is 0 Å². The third-order valence-electron chi connectivity index (χ3n) is 11.8. The summed E-state index contributed by atoms with van der Waals surface area (Å²) in [6.07, 6.45) is 0. The first-order valence-corrected chi connectivity index (χ1v) is 13.6. The molecule has 0 N–H and O–H groups in total. The number of hydrogen-bond acceptors (Lipinski definition) is 3. The molecule has 6 aliphatic rings. The second-order valence-corrected chi connectivity index (χ2v) is 12.1. The van der Waals surface area contributed by atoms with Crippen molar-refractivity contribution in [1.29, 1.82) is 0 Å². The Morgan fingerprint density at radius 3 is 1.21 bits per heavy atom. The lowest BCUT2D eigenvalue weighted by Gasteiger charge is -2.69. The number of fused-ring (bicyclic) bond motifs is 5. The van der Waals surface area contributed by atoms with E-state index in [4.69, 9.17) is 0 Å². The number of Topliss-reactive ketones (excluding diaryl/α,β-unsaturated/α-hetero) is 3. The van der Waals surface area contributed by atoms with Crippen LogP contribution in [-0.2, 0) is 36.0 Å². The van der Waals surface area contributed by atoms with Gasteiger partial charge in [0.15, 0.2) is 5.78 Å². The highest BCUT2D eigenvalue weighted by Crippen LogP contribution is 2.98. The van der Waals surface area contributed by atoms with Crippen LogP contribution in [0.25, 0.3) is 11.1 Å². The van der Waals surface area contributed by atoms with Gasteiger partial charge in [-0.25, -0.2) is 0 Å². The van der Waals surface area contributed by atoms with Crippen LogP contribution in [0.5, 0.6) is 0 Å². The van der Waals surface area contributed by atoms with E-state index in [2.05, 4.69) is 24.3 Å². The van der Waals surface area contributed by atoms with Crippen molar-refractivity contribution in [1.82, 2.24) is 0 Å². The number of rotatable bonds is 2. The van der Waals surface area contributed by atoms with Crippen molar-refractivity contribution in [3.8, 4) is 11.1 Å². The third-order valence-corrected chi connectivity index (χ3v) is 11.8. The Bertz CT molecular complexity index is 1690. The molecule has 38 heavy (non-hydrogen) atoms. The van der Waals surface area contributed by atoms with Crippen LogP contribution in [0.4, 0.5) is 0 Å². The molecule has 10 rings (SSSR count). The number of ketones is 3. The number of carbonyl (C=O) groups excluding carboxylic acids is 3. The molecule has 0 aliphatic heterocycles. The normalized spacial score (nSPS) is 41.2. The van der Waals surface area contributed by atoms with Gasteiger partial charge < -0.3 is 0 Å². The minimum absolute atomic E-state index is 0.0908. The first-order valence-electron chi connectivity index (χ1n) is 13.6. The van der Waals surface area contributed by atoms with E-state index in [9.17, 15) is 9.59 Å². The lowest BCUT2D eigenvalue weighted by Crippen LogP contribution is -2.76.